The van der Waals surface area contributed by atoms with Gasteiger partial charge in [-0.25, -0.2) is 0 Å². The maximum Gasteiger partial charge on any atom is 0.226 e. The van der Waals surface area contributed by atoms with E-state index < -0.39 is 0 Å². The Labute approximate surface area is 119 Å². The lowest BCUT2D eigenvalue weighted by Crippen LogP contribution is -1.98. The minimum Gasteiger partial charge on any atom is -0.339 e. The number of benzene rings is 1. The van der Waals surface area contributed by atoms with Crippen molar-refractivity contribution in [2.75, 3.05) is 5.32 Å². The highest BCUT2D eigenvalue weighted by molar-refractivity contribution is 6.28. The predicted octanol–water partition coefficient (Wildman–Crippen LogP) is 2.93. The number of nitriles is 1. The molecular formula is C13H9ClN6. The average molecular weight is 285 g/mol. The first-order chi connectivity index (χ1) is 9.67. The minimum absolute atomic E-state index is 0.123. The quantitative estimate of drug-likeness (QED) is 0.706. The number of fused-ring (bicyclic) bond motifs is 1. The molecule has 0 aliphatic rings. The van der Waals surface area contributed by atoms with Gasteiger partial charge >= 0.3 is 0 Å². The summed E-state index contributed by atoms with van der Waals surface area (Å²) in [5, 5.41) is 19.7. The molecule has 3 aromatic rings. The lowest BCUT2D eigenvalue weighted by molar-refractivity contribution is 1.09. The Morgan fingerprint density at radius 2 is 2.20 bits per heavy atom. The zero-order valence-corrected chi connectivity index (χ0v) is 11.2. The van der Waals surface area contributed by atoms with Crippen molar-refractivity contribution in [1.29, 1.82) is 5.26 Å². The summed E-state index contributed by atoms with van der Waals surface area (Å²) in [4.78, 5) is 8.20. The van der Waals surface area contributed by atoms with Crippen LogP contribution < -0.4 is 5.32 Å². The van der Waals surface area contributed by atoms with Crippen molar-refractivity contribution in [3.63, 3.8) is 0 Å². The maximum atomic E-state index is 8.96. The van der Waals surface area contributed by atoms with E-state index in [1.165, 1.54) is 0 Å². The summed E-state index contributed by atoms with van der Waals surface area (Å²) in [6, 6.07) is 7.50. The number of nitrogens with zero attached hydrogens (tertiary/aromatic N) is 4. The third-order valence-corrected chi connectivity index (χ3v) is 3.07. The lowest BCUT2D eigenvalue weighted by atomic mass is 10.1. The Kier molecular flexibility index (Phi) is 2.97. The van der Waals surface area contributed by atoms with Gasteiger partial charge in [0, 0.05) is 5.69 Å². The Hall–Kier alpha value is -2.65. The number of H-pyrrole nitrogens is 1. The largest absolute Gasteiger partial charge is 0.339 e. The molecule has 2 heterocycles. The molecule has 0 saturated carbocycles. The third-order valence-electron chi connectivity index (χ3n) is 2.90. The Bertz CT molecular complexity index is 832. The van der Waals surface area contributed by atoms with Gasteiger partial charge in [-0.3, -0.25) is 5.10 Å². The van der Waals surface area contributed by atoms with E-state index in [-0.39, 0.29) is 5.28 Å². The smallest absolute Gasteiger partial charge is 0.226 e. The van der Waals surface area contributed by atoms with E-state index in [0.29, 0.717) is 17.0 Å². The van der Waals surface area contributed by atoms with Crippen LogP contribution >= 0.6 is 11.6 Å². The molecule has 0 saturated heterocycles. The first-order valence-corrected chi connectivity index (χ1v) is 6.19. The highest BCUT2D eigenvalue weighted by Gasteiger charge is 2.10. The molecule has 20 heavy (non-hydrogen) atoms. The number of rotatable bonds is 2. The van der Waals surface area contributed by atoms with Crippen molar-refractivity contribution in [2.24, 2.45) is 0 Å². The van der Waals surface area contributed by atoms with Crippen LogP contribution in [0.2, 0.25) is 5.28 Å². The highest BCUT2D eigenvalue weighted by Crippen LogP contribution is 2.26. The molecule has 7 heteroatoms. The second kappa shape index (κ2) is 4.79. The highest BCUT2D eigenvalue weighted by atomic mass is 35.5. The molecule has 2 aromatic heterocycles. The maximum absolute atomic E-state index is 8.96. The molecule has 0 amide bonds. The van der Waals surface area contributed by atoms with Crippen molar-refractivity contribution in [3.8, 4) is 6.07 Å². The van der Waals surface area contributed by atoms with Crippen LogP contribution in [0.1, 0.15) is 11.1 Å². The van der Waals surface area contributed by atoms with Crippen LogP contribution in [0, 0.1) is 18.3 Å². The number of anilines is 2. The van der Waals surface area contributed by atoms with Crippen molar-refractivity contribution in [3.05, 3.63) is 40.8 Å². The number of aromatic nitrogens is 4. The van der Waals surface area contributed by atoms with Gasteiger partial charge in [0.25, 0.3) is 0 Å². The minimum atomic E-state index is 0.123. The molecule has 0 aliphatic heterocycles. The van der Waals surface area contributed by atoms with Crippen molar-refractivity contribution >= 4 is 34.1 Å². The molecular weight excluding hydrogens is 276 g/mol. The Morgan fingerprint density at radius 3 is 3.00 bits per heavy atom. The molecule has 0 radical (unpaired) electrons. The van der Waals surface area contributed by atoms with Crippen molar-refractivity contribution < 1.29 is 0 Å². The molecule has 98 valence electrons. The van der Waals surface area contributed by atoms with Gasteiger partial charge in [-0.1, -0.05) is 6.07 Å². The van der Waals surface area contributed by atoms with E-state index in [1.54, 1.807) is 18.3 Å². The van der Waals surface area contributed by atoms with E-state index in [9.17, 15) is 0 Å². The normalized spacial score (nSPS) is 10.4. The number of aryl methyl sites for hydroxylation is 1. The van der Waals surface area contributed by atoms with Gasteiger partial charge in [0.15, 0.2) is 5.65 Å². The van der Waals surface area contributed by atoms with Crippen LogP contribution in [0.4, 0.5) is 11.5 Å². The summed E-state index contributed by atoms with van der Waals surface area (Å²) in [6.07, 6.45) is 1.62. The van der Waals surface area contributed by atoms with Crippen LogP contribution in [0.5, 0.6) is 0 Å². The molecule has 0 spiro atoms. The number of hydrogen-bond donors (Lipinski definition) is 2. The molecule has 3 rings (SSSR count). The van der Waals surface area contributed by atoms with E-state index >= 15 is 0 Å². The van der Waals surface area contributed by atoms with Crippen LogP contribution in [0.25, 0.3) is 11.0 Å². The summed E-state index contributed by atoms with van der Waals surface area (Å²) in [5.74, 6) is 0.548. The molecule has 2 N–H and O–H groups in total. The SMILES string of the molecule is Cc1ccc(C#N)cc1Nc1nc(Cl)nc2[nH]ncc12. The Morgan fingerprint density at radius 1 is 1.35 bits per heavy atom. The number of halogens is 1. The second-order valence-corrected chi connectivity index (χ2v) is 4.58. The topological polar surface area (TPSA) is 90.3 Å². The fraction of sp³-hybridized carbons (Fsp3) is 0.0769. The lowest BCUT2D eigenvalue weighted by Gasteiger charge is -2.09. The fourth-order valence-electron chi connectivity index (χ4n) is 1.86. The number of hydrogen-bond acceptors (Lipinski definition) is 5. The van der Waals surface area contributed by atoms with Crippen LogP contribution in [0.3, 0.4) is 0 Å². The number of nitrogens with one attached hydrogen (secondary N) is 2. The molecule has 0 bridgehead atoms. The molecule has 0 atom stereocenters. The summed E-state index contributed by atoms with van der Waals surface area (Å²) >= 11 is 5.88. The summed E-state index contributed by atoms with van der Waals surface area (Å²) in [5.41, 5.74) is 2.92. The predicted molar refractivity (Wildman–Crippen MR) is 75.9 cm³/mol. The zero-order valence-electron chi connectivity index (χ0n) is 10.5. The van der Waals surface area contributed by atoms with E-state index in [0.717, 1.165) is 16.6 Å². The van der Waals surface area contributed by atoms with Crippen LogP contribution in [-0.4, -0.2) is 20.2 Å². The molecule has 1 aromatic carbocycles. The van der Waals surface area contributed by atoms with Gasteiger partial charge < -0.3 is 5.32 Å². The Balaban J connectivity index is 2.09. The monoisotopic (exact) mass is 284 g/mol. The van der Waals surface area contributed by atoms with Gasteiger partial charge in [0.05, 0.1) is 23.2 Å². The van der Waals surface area contributed by atoms with Crippen molar-refractivity contribution in [1.82, 2.24) is 20.2 Å². The van der Waals surface area contributed by atoms with Gasteiger partial charge in [-0.15, -0.1) is 0 Å². The molecule has 0 fully saturated rings. The zero-order chi connectivity index (χ0) is 14.1. The average Bonchev–Trinajstić information content (AvgIpc) is 2.89. The van der Waals surface area contributed by atoms with E-state index in [4.69, 9.17) is 16.9 Å². The van der Waals surface area contributed by atoms with Gasteiger partial charge in [0.2, 0.25) is 5.28 Å². The first kappa shape index (κ1) is 12.4. The van der Waals surface area contributed by atoms with Gasteiger partial charge in [-0.05, 0) is 36.2 Å². The molecule has 0 aliphatic carbocycles. The summed E-state index contributed by atoms with van der Waals surface area (Å²) in [6.45, 7) is 1.94. The van der Waals surface area contributed by atoms with Crippen LogP contribution in [0.15, 0.2) is 24.4 Å². The second-order valence-electron chi connectivity index (χ2n) is 4.24. The third kappa shape index (κ3) is 2.15. The van der Waals surface area contributed by atoms with E-state index in [1.807, 2.05) is 13.0 Å². The van der Waals surface area contributed by atoms with Gasteiger partial charge in [-0.2, -0.15) is 20.3 Å². The van der Waals surface area contributed by atoms with Crippen LogP contribution in [-0.2, 0) is 0 Å². The molecule has 6 nitrogen and oxygen atoms in total. The number of aromatic amines is 1. The van der Waals surface area contributed by atoms with Gasteiger partial charge in [0.1, 0.15) is 5.82 Å². The standard InChI is InChI=1S/C13H9ClN6/c1-7-2-3-8(5-15)4-10(7)17-11-9-6-16-20-12(9)19-13(14)18-11/h2-4,6H,1H3,(H2,16,17,18,19,20). The first-order valence-electron chi connectivity index (χ1n) is 5.82. The summed E-state index contributed by atoms with van der Waals surface area (Å²) in [7, 11) is 0. The van der Waals surface area contributed by atoms with Crippen molar-refractivity contribution in [2.45, 2.75) is 6.92 Å². The fourth-order valence-corrected chi connectivity index (χ4v) is 2.03. The summed E-state index contributed by atoms with van der Waals surface area (Å²) < 4.78 is 0. The molecule has 0 unspecified atom stereocenters. The van der Waals surface area contributed by atoms with E-state index in [2.05, 4.69) is 31.6 Å².